The molecule has 0 fully saturated rings. The van der Waals surface area contributed by atoms with Gasteiger partial charge in [0.15, 0.2) is 18.1 Å². The van der Waals surface area contributed by atoms with Crippen LogP contribution in [0.2, 0.25) is 0 Å². The van der Waals surface area contributed by atoms with Gasteiger partial charge in [0, 0.05) is 19.7 Å². The normalized spacial score (nSPS) is 12.3. The molecular weight excluding hydrogens is 340 g/mol. The molecule has 0 unspecified atom stereocenters. The molecule has 1 aliphatic heterocycles. The van der Waals surface area contributed by atoms with Gasteiger partial charge in [-0.25, -0.2) is 0 Å². The predicted molar refractivity (Wildman–Crippen MR) is 92.5 cm³/mol. The molecule has 0 atom stereocenters. The van der Waals surface area contributed by atoms with Gasteiger partial charge < -0.3 is 19.1 Å². The van der Waals surface area contributed by atoms with Gasteiger partial charge in [-0.2, -0.15) is 0 Å². The van der Waals surface area contributed by atoms with Crippen molar-refractivity contribution in [2.45, 2.75) is 6.54 Å². The molecule has 26 heavy (non-hydrogen) atoms. The number of fused-ring (bicyclic) bond motifs is 1. The summed E-state index contributed by atoms with van der Waals surface area (Å²) >= 11 is 0. The highest BCUT2D eigenvalue weighted by atomic mass is 16.6. The average molecular weight is 358 g/mol. The molecule has 0 saturated heterocycles. The second-order valence-electron chi connectivity index (χ2n) is 5.77. The summed E-state index contributed by atoms with van der Waals surface area (Å²) in [6.45, 7) is 1.21. The largest absolute Gasteiger partial charge is 0.486 e. The SMILES string of the molecule is CN(Cc1ccc2c(c1)OCCO2)C(=O)COc1cccc([N+](=O)[O-])c1. The Morgan fingerprint density at radius 2 is 1.96 bits per heavy atom. The van der Waals surface area contributed by atoms with E-state index in [2.05, 4.69) is 0 Å². The maximum Gasteiger partial charge on any atom is 0.273 e. The molecule has 1 amide bonds. The zero-order valence-electron chi connectivity index (χ0n) is 14.2. The van der Waals surface area contributed by atoms with Gasteiger partial charge in [-0.1, -0.05) is 12.1 Å². The van der Waals surface area contributed by atoms with E-state index < -0.39 is 4.92 Å². The Morgan fingerprint density at radius 3 is 2.73 bits per heavy atom. The minimum absolute atomic E-state index is 0.0837. The van der Waals surface area contributed by atoms with Crippen LogP contribution in [0.25, 0.3) is 0 Å². The number of nitro groups is 1. The van der Waals surface area contributed by atoms with Crippen LogP contribution in [0.15, 0.2) is 42.5 Å². The first-order valence-electron chi connectivity index (χ1n) is 8.02. The molecule has 0 aliphatic carbocycles. The van der Waals surface area contributed by atoms with Gasteiger partial charge in [0.1, 0.15) is 19.0 Å². The molecule has 0 bridgehead atoms. The first kappa shape index (κ1) is 17.5. The third-order valence-corrected chi connectivity index (χ3v) is 3.84. The minimum atomic E-state index is -0.511. The average Bonchev–Trinajstić information content (AvgIpc) is 2.66. The Morgan fingerprint density at radius 1 is 1.19 bits per heavy atom. The second kappa shape index (κ2) is 7.73. The third-order valence-electron chi connectivity index (χ3n) is 3.84. The number of likely N-dealkylation sites (N-methyl/N-ethyl adjacent to an activating group) is 1. The molecule has 0 aromatic heterocycles. The highest BCUT2D eigenvalue weighted by Gasteiger charge is 2.15. The topological polar surface area (TPSA) is 91.1 Å². The van der Waals surface area contributed by atoms with Crippen LogP contribution in [-0.2, 0) is 11.3 Å². The van der Waals surface area contributed by atoms with E-state index in [0.717, 1.165) is 5.56 Å². The Balaban J connectivity index is 1.56. The van der Waals surface area contributed by atoms with Crippen molar-refractivity contribution in [2.24, 2.45) is 0 Å². The van der Waals surface area contributed by atoms with E-state index >= 15 is 0 Å². The number of hydrogen-bond acceptors (Lipinski definition) is 6. The van der Waals surface area contributed by atoms with E-state index in [0.29, 0.717) is 31.3 Å². The standard InChI is InChI=1S/C18H18N2O6/c1-19(11-13-5-6-16-17(9-13)25-8-7-24-16)18(21)12-26-15-4-2-3-14(10-15)20(22)23/h2-6,9-10H,7-8,11-12H2,1H3. The maximum absolute atomic E-state index is 12.2. The summed E-state index contributed by atoms with van der Waals surface area (Å²) in [4.78, 5) is 24.0. The van der Waals surface area contributed by atoms with Crippen LogP contribution in [0.4, 0.5) is 5.69 Å². The summed E-state index contributed by atoms with van der Waals surface area (Å²) < 4.78 is 16.4. The van der Waals surface area contributed by atoms with E-state index in [1.807, 2.05) is 18.2 Å². The fourth-order valence-electron chi connectivity index (χ4n) is 2.49. The van der Waals surface area contributed by atoms with Crippen molar-refractivity contribution in [1.82, 2.24) is 4.90 Å². The monoisotopic (exact) mass is 358 g/mol. The van der Waals surface area contributed by atoms with Crippen molar-refractivity contribution in [3.05, 3.63) is 58.1 Å². The Labute approximate surface area is 150 Å². The van der Waals surface area contributed by atoms with Crippen molar-refractivity contribution < 1.29 is 23.9 Å². The molecular formula is C18H18N2O6. The molecule has 0 N–H and O–H groups in total. The number of rotatable bonds is 6. The predicted octanol–water partition coefficient (Wildman–Crippen LogP) is 2.40. The van der Waals surface area contributed by atoms with Crippen LogP contribution in [0.3, 0.4) is 0 Å². The number of nitrogens with zero attached hydrogens (tertiary/aromatic N) is 2. The number of ether oxygens (including phenoxy) is 3. The molecule has 3 rings (SSSR count). The Hall–Kier alpha value is -3.29. The molecule has 136 valence electrons. The second-order valence-corrected chi connectivity index (χ2v) is 5.77. The van der Waals surface area contributed by atoms with Crippen molar-refractivity contribution >= 4 is 11.6 Å². The summed E-state index contributed by atoms with van der Waals surface area (Å²) in [7, 11) is 1.66. The smallest absolute Gasteiger partial charge is 0.273 e. The number of carbonyl (C=O) groups is 1. The zero-order valence-corrected chi connectivity index (χ0v) is 14.2. The maximum atomic E-state index is 12.2. The van der Waals surface area contributed by atoms with Gasteiger partial charge in [0.2, 0.25) is 0 Å². The summed E-state index contributed by atoms with van der Waals surface area (Å²) in [6, 6.07) is 11.3. The lowest BCUT2D eigenvalue weighted by Crippen LogP contribution is -2.31. The fourth-order valence-corrected chi connectivity index (χ4v) is 2.49. The van der Waals surface area contributed by atoms with Gasteiger partial charge >= 0.3 is 0 Å². The summed E-state index contributed by atoms with van der Waals surface area (Å²) in [5.74, 6) is 1.40. The van der Waals surface area contributed by atoms with Crippen LogP contribution in [-0.4, -0.2) is 42.6 Å². The van der Waals surface area contributed by atoms with Crippen molar-refractivity contribution in [2.75, 3.05) is 26.9 Å². The van der Waals surface area contributed by atoms with E-state index in [-0.39, 0.29) is 24.0 Å². The number of nitro benzene ring substituents is 1. The van der Waals surface area contributed by atoms with Crippen LogP contribution in [0, 0.1) is 10.1 Å². The summed E-state index contributed by atoms with van der Waals surface area (Å²) in [5.41, 5.74) is 0.819. The highest BCUT2D eigenvalue weighted by molar-refractivity contribution is 5.77. The molecule has 0 radical (unpaired) electrons. The number of benzene rings is 2. The van der Waals surface area contributed by atoms with Gasteiger partial charge in [0.05, 0.1) is 11.0 Å². The van der Waals surface area contributed by atoms with E-state index in [1.165, 1.54) is 23.1 Å². The lowest BCUT2D eigenvalue weighted by Gasteiger charge is -2.21. The first-order valence-corrected chi connectivity index (χ1v) is 8.02. The highest BCUT2D eigenvalue weighted by Crippen LogP contribution is 2.31. The summed E-state index contributed by atoms with van der Waals surface area (Å²) in [5, 5.41) is 10.8. The van der Waals surface area contributed by atoms with Crippen molar-refractivity contribution in [1.29, 1.82) is 0 Å². The van der Waals surface area contributed by atoms with Gasteiger partial charge in [-0.05, 0) is 23.8 Å². The molecule has 2 aromatic carbocycles. The Bertz CT molecular complexity index is 823. The quantitative estimate of drug-likeness (QED) is 0.582. The minimum Gasteiger partial charge on any atom is -0.486 e. The summed E-state index contributed by atoms with van der Waals surface area (Å²) in [6.07, 6.45) is 0. The van der Waals surface area contributed by atoms with Crippen LogP contribution < -0.4 is 14.2 Å². The molecule has 1 heterocycles. The molecule has 1 aliphatic rings. The van der Waals surface area contributed by atoms with Crippen molar-refractivity contribution in [3.8, 4) is 17.2 Å². The number of carbonyl (C=O) groups excluding carboxylic acids is 1. The van der Waals surface area contributed by atoms with Crippen LogP contribution in [0.1, 0.15) is 5.56 Å². The lowest BCUT2D eigenvalue weighted by atomic mass is 10.2. The lowest BCUT2D eigenvalue weighted by molar-refractivity contribution is -0.384. The van der Waals surface area contributed by atoms with Gasteiger partial charge in [-0.3, -0.25) is 14.9 Å². The molecule has 8 nitrogen and oxygen atoms in total. The van der Waals surface area contributed by atoms with Crippen LogP contribution in [0.5, 0.6) is 17.2 Å². The molecule has 8 heteroatoms. The molecule has 0 saturated carbocycles. The van der Waals surface area contributed by atoms with Gasteiger partial charge in [0.25, 0.3) is 11.6 Å². The first-order chi connectivity index (χ1) is 12.5. The Kier molecular flexibility index (Phi) is 5.21. The molecule has 0 spiro atoms. The number of amides is 1. The van der Waals surface area contributed by atoms with Crippen molar-refractivity contribution in [3.63, 3.8) is 0 Å². The number of non-ortho nitro benzene ring substituents is 1. The van der Waals surface area contributed by atoms with E-state index in [4.69, 9.17) is 14.2 Å². The fraction of sp³-hybridized carbons (Fsp3) is 0.278. The number of hydrogen-bond donors (Lipinski definition) is 0. The van der Waals surface area contributed by atoms with E-state index in [1.54, 1.807) is 13.1 Å². The zero-order chi connectivity index (χ0) is 18.5. The van der Waals surface area contributed by atoms with Crippen LogP contribution >= 0.6 is 0 Å². The van der Waals surface area contributed by atoms with Gasteiger partial charge in [-0.15, -0.1) is 0 Å². The van der Waals surface area contributed by atoms with E-state index in [9.17, 15) is 14.9 Å². The molecule has 2 aromatic rings. The third kappa shape index (κ3) is 4.21.